The minimum Gasteiger partial charge on any atom is -0.478 e. The van der Waals surface area contributed by atoms with Crippen LogP contribution in [0.5, 0.6) is 0 Å². The van der Waals surface area contributed by atoms with Gasteiger partial charge in [-0.25, -0.2) is 4.79 Å². The number of carboxylic acid groups (broad SMARTS) is 1. The molecule has 18 heavy (non-hydrogen) atoms. The van der Waals surface area contributed by atoms with Crippen molar-refractivity contribution >= 4 is 29.2 Å². The van der Waals surface area contributed by atoms with Gasteiger partial charge in [0, 0.05) is 18.9 Å². The van der Waals surface area contributed by atoms with Crippen molar-refractivity contribution in [3.63, 3.8) is 0 Å². The Kier molecular flexibility index (Phi) is 3.26. The lowest BCUT2D eigenvalue weighted by molar-refractivity contribution is -0.117. The monoisotopic (exact) mass is 263 g/mol. The Morgan fingerprint density at radius 1 is 1.56 bits per heavy atom. The Bertz CT molecular complexity index is 562. The molecule has 1 fully saturated rings. The maximum Gasteiger partial charge on any atom is 0.339 e. The number of nitrogens with zero attached hydrogens (tertiary/aromatic N) is 1. The lowest BCUT2D eigenvalue weighted by Crippen LogP contribution is -2.26. The number of carbonyl (C=O) groups excluding carboxylic acids is 1. The normalized spacial score (nSPS) is 18.8. The summed E-state index contributed by atoms with van der Waals surface area (Å²) in [5, 5.41) is 9.26. The van der Waals surface area contributed by atoms with E-state index in [-0.39, 0.29) is 28.8 Å². The summed E-state index contributed by atoms with van der Waals surface area (Å²) in [5.41, 5.74) is 0.239. The number of benzene rings is 1. The molecule has 1 amide bonds. The summed E-state index contributed by atoms with van der Waals surface area (Å²) in [6.45, 7) is 0.329. The molecule has 1 unspecified atom stereocenters. The van der Waals surface area contributed by atoms with Gasteiger partial charge in [0.1, 0.15) is 5.56 Å². The number of hydrogen-bond acceptors (Lipinski definition) is 2. The summed E-state index contributed by atoms with van der Waals surface area (Å²) >= 11 is 5.86. The third-order valence-corrected chi connectivity index (χ3v) is 3.17. The highest BCUT2D eigenvalue weighted by Gasteiger charge is 2.32. The van der Waals surface area contributed by atoms with Gasteiger partial charge in [0.15, 0.2) is 0 Å². The molecule has 0 spiro atoms. The van der Waals surface area contributed by atoms with Gasteiger partial charge in [-0.05, 0) is 12.1 Å². The fourth-order valence-electron chi connectivity index (χ4n) is 2.00. The third kappa shape index (κ3) is 2.05. The molecule has 0 aromatic heterocycles. The van der Waals surface area contributed by atoms with E-state index in [2.05, 4.69) is 5.92 Å². The fraction of sp³-hybridized carbons (Fsp3) is 0.231. The molecule has 5 heteroatoms. The Morgan fingerprint density at radius 3 is 2.83 bits per heavy atom. The Morgan fingerprint density at radius 2 is 2.28 bits per heavy atom. The van der Waals surface area contributed by atoms with Gasteiger partial charge < -0.3 is 10.0 Å². The summed E-state index contributed by atoms with van der Waals surface area (Å²) in [7, 11) is 0. The molecule has 1 saturated heterocycles. The topological polar surface area (TPSA) is 57.6 Å². The SMILES string of the molecule is C#CC1CC(=O)N(c2cccc(Cl)c2C(=O)O)C1. The van der Waals surface area contributed by atoms with Crippen LogP contribution in [0.1, 0.15) is 16.8 Å². The van der Waals surface area contributed by atoms with Crippen LogP contribution in [0, 0.1) is 18.3 Å². The van der Waals surface area contributed by atoms with Gasteiger partial charge in [0.05, 0.1) is 10.7 Å². The van der Waals surface area contributed by atoms with Gasteiger partial charge in [0.25, 0.3) is 0 Å². The molecule has 1 aromatic rings. The Labute approximate surface area is 109 Å². The molecule has 4 nitrogen and oxygen atoms in total. The number of anilines is 1. The minimum absolute atomic E-state index is 0.0646. The zero-order valence-electron chi connectivity index (χ0n) is 9.39. The largest absolute Gasteiger partial charge is 0.478 e. The average Bonchev–Trinajstić information content (AvgIpc) is 2.69. The van der Waals surface area contributed by atoms with E-state index < -0.39 is 5.97 Å². The number of carboxylic acids is 1. The van der Waals surface area contributed by atoms with Crippen molar-refractivity contribution in [2.75, 3.05) is 11.4 Å². The number of aromatic carboxylic acids is 1. The quantitative estimate of drug-likeness (QED) is 0.831. The molecule has 1 N–H and O–H groups in total. The molecule has 0 saturated carbocycles. The van der Waals surface area contributed by atoms with Gasteiger partial charge in [-0.3, -0.25) is 4.79 Å². The van der Waals surface area contributed by atoms with Crippen molar-refractivity contribution in [1.82, 2.24) is 0 Å². The minimum atomic E-state index is -1.16. The van der Waals surface area contributed by atoms with Crippen LogP contribution in [-0.4, -0.2) is 23.5 Å². The molecule has 1 aliphatic heterocycles. The van der Waals surface area contributed by atoms with Crippen molar-refractivity contribution in [3.05, 3.63) is 28.8 Å². The zero-order chi connectivity index (χ0) is 13.3. The van der Waals surface area contributed by atoms with Crippen LogP contribution in [-0.2, 0) is 4.79 Å². The number of amides is 1. The molecule has 1 atom stereocenters. The van der Waals surface area contributed by atoms with Crippen molar-refractivity contribution in [2.45, 2.75) is 6.42 Å². The maximum absolute atomic E-state index is 11.8. The second-order valence-corrected chi connectivity index (χ2v) is 4.42. The number of rotatable bonds is 2. The molecule has 2 rings (SSSR count). The number of terminal acetylenes is 1. The first-order valence-electron chi connectivity index (χ1n) is 5.33. The van der Waals surface area contributed by atoms with Gasteiger partial charge in [-0.2, -0.15) is 0 Å². The highest BCUT2D eigenvalue weighted by Crippen LogP contribution is 2.31. The summed E-state index contributed by atoms with van der Waals surface area (Å²) in [5.74, 6) is 0.994. The van der Waals surface area contributed by atoms with Crippen LogP contribution in [0.15, 0.2) is 18.2 Å². The van der Waals surface area contributed by atoms with Gasteiger partial charge in [-0.1, -0.05) is 17.7 Å². The van der Waals surface area contributed by atoms with E-state index in [4.69, 9.17) is 23.1 Å². The molecule has 0 radical (unpaired) electrons. The summed E-state index contributed by atoms with van der Waals surface area (Å²) in [6, 6.07) is 4.65. The predicted molar refractivity (Wildman–Crippen MR) is 67.7 cm³/mol. The van der Waals surface area contributed by atoms with Gasteiger partial charge >= 0.3 is 5.97 Å². The fourth-order valence-corrected chi connectivity index (χ4v) is 2.25. The lowest BCUT2D eigenvalue weighted by Gasteiger charge is -2.18. The van der Waals surface area contributed by atoms with Crippen LogP contribution in [0.2, 0.25) is 5.02 Å². The average molecular weight is 264 g/mol. The maximum atomic E-state index is 11.8. The van der Waals surface area contributed by atoms with E-state index >= 15 is 0 Å². The standard InChI is InChI=1S/C13H10ClNO3/c1-2-8-6-11(16)15(7-8)10-5-3-4-9(14)12(10)13(17)18/h1,3-5,8H,6-7H2,(H,17,18). The van der Waals surface area contributed by atoms with Crippen molar-refractivity contribution in [1.29, 1.82) is 0 Å². The van der Waals surface area contributed by atoms with Gasteiger partial charge in [0.2, 0.25) is 5.91 Å². The van der Waals surface area contributed by atoms with Crippen LogP contribution >= 0.6 is 11.6 Å². The van der Waals surface area contributed by atoms with Crippen LogP contribution in [0.4, 0.5) is 5.69 Å². The van der Waals surface area contributed by atoms with E-state index in [0.29, 0.717) is 12.2 Å². The van der Waals surface area contributed by atoms with E-state index in [1.807, 2.05) is 0 Å². The lowest BCUT2D eigenvalue weighted by atomic mass is 10.1. The van der Waals surface area contributed by atoms with E-state index in [0.717, 1.165) is 0 Å². The molecular formula is C13H10ClNO3. The molecule has 92 valence electrons. The van der Waals surface area contributed by atoms with Crippen LogP contribution in [0.25, 0.3) is 0 Å². The molecule has 0 bridgehead atoms. The molecular weight excluding hydrogens is 254 g/mol. The first-order chi connectivity index (χ1) is 8.54. The highest BCUT2D eigenvalue weighted by atomic mass is 35.5. The number of hydrogen-bond donors (Lipinski definition) is 1. The van der Waals surface area contributed by atoms with Crippen LogP contribution in [0.3, 0.4) is 0 Å². The Balaban J connectivity index is 2.47. The summed E-state index contributed by atoms with van der Waals surface area (Å²) < 4.78 is 0. The van der Waals surface area contributed by atoms with Crippen molar-refractivity contribution < 1.29 is 14.7 Å². The third-order valence-electron chi connectivity index (χ3n) is 2.86. The van der Waals surface area contributed by atoms with Gasteiger partial charge in [-0.15, -0.1) is 12.3 Å². The highest BCUT2D eigenvalue weighted by molar-refractivity contribution is 6.34. The smallest absolute Gasteiger partial charge is 0.339 e. The molecule has 1 aliphatic rings. The van der Waals surface area contributed by atoms with Crippen molar-refractivity contribution in [2.24, 2.45) is 5.92 Å². The summed E-state index contributed by atoms with van der Waals surface area (Å²) in [4.78, 5) is 24.4. The molecule has 1 aromatic carbocycles. The first-order valence-corrected chi connectivity index (χ1v) is 5.70. The van der Waals surface area contributed by atoms with Crippen molar-refractivity contribution in [3.8, 4) is 12.3 Å². The van der Waals surface area contributed by atoms with E-state index in [1.165, 1.54) is 11.0 Å². The van der Waals surface area contributed by atoms with E-state index in [1.54, 1.807) is 12.1 Å². The first kappa shape index (κ1) is 12.5. The number of halogens is 1. The van der Waals surface area contributed by atoms with Crippen LogP contribution < -0.4 is 4.90 Å². The summed E-state index contributed by atoms with van der Waals surface area (Å²) in [6.07, 6.45) is 5.53. The second-order valence-electron chi connectivity index (χ2n) is 4.01. The Hall–Kier alpha value is -1.99. The zero-order valence-corrected chi connectivity index (χ0v) is 10.1. The number of carbonyl (C=O) groups is 2. The second kappa shape index (κ2) is 4.71. The van der Waals surface area contributed by atoms with E-state index in [9.17, 15) is 9.59 Å². The molecule has 0 aliphatic carbocycles. The molecule has 1 heterocycles. The predicted octanol–water partition coefficient (Wildman–Crippen LogP) is 2.02.